The Morgan fingerprint density at radius 3 is 2.56 bits per heavy atom. The smallest absolute Gasteiger partial charge is 0.191 e. The van der Waals surface area contributed by atoms with Crippen LogP contribution in [-0.4, -0.2) is 53.3 Å². The van der Waals surface area contributed by atoms with Crippen LogP contribution in [0.1, 0.15) is 12.8 Å². The molecule has 18 heavy (non-hydrogen) atoms. The van der Waals surface area contributed by atoms with E-state index in [2.05, 4.69) is 19.8 Å². The lowest BCUT2D eigenvalue weighted by Crippen LogP contribution is -2.47. The molecule has 0 amide bonds. The van der Waals surface area contributed by atoms with Crippen LogP contribution in [0.15, 0.2) is 11.2 Å². The monoisotopic (exact) mass is 265 g/mol. The lowest BCUT2D eigenvalue weighted by Gasteiger charge is -2.35. The van der Waals surface area contributed by atoms with Crippen molar-refractivity contribution in [2.75, 3.05) is 43.1 Å². The van der Waals surface area contributed by atoms with Crippen LogP contribution >= 0.6 is 11.8 Å². The Morgan fingerprint density at radius 1 is 1.22 bits per heavy atom. The van der Waals surface area contributed by atoms with Gasteiger partial charge in [-0.25, -0.2) is 9.97 Å². The van der Waals surface area contributed by atoms with Gasteiger partial charge in [-0.1, -0.05) is 11.8 Å². The zero-order valence-electron chi connectivity index (χ0n) is 10.7. The summed E-state index contributed by atoms with van der Waals surface area (Å²) in [5.74, 6) is 1.54. The van der Waals surface area contributed by atoms with Crippen molar-refractivity contribution < 1.29 is 0 Å². The van der Waals surface area contributed by atoms with Gasteiger partial charge in [0, 0.05) is 38.3 Å². The molecule has 0 unspecified atom stereocenters. The first-order valence-electron chi connectivity index (χ1n) is 6.44. The molecule has 1 aromatic heterocycles. The molecule has 1 aromatic rings. The van der Waals surface area contributed by atoms with Crippen molar-refractivity contribution in [3.8, 4) is 0 Å². The molecule has 1 aliphatic carbocycles. The molecule has 0 spiro atoms. The van der Waals surface area contributed by atoms with Gasteiger partial charge >= 0.3 is 0 Å². The third-order valence-electron chi connectivity index (χ3n) is 3.60. The van der Waals surface area contributed by atoms with Gasteiger partial charge in [0.1, 0.15) is 11.6 Å². The van der Waals surface area contributed by atoms with Gasteiger partial charge in [0.25, 0.3) is 0 Å². The van der Waals surface area contributed by atoms with Crippen molar-refractivity contribution in [2.24, 2.45) is 0 Å². The highest BCUT2D eigenvalue weighted by Crippen LogP contribution is 2.28. The van der Waals surface area contributed by atoms with Crippen molar-refractivity contribution in [1.82, 2.24) is 14.9 Å². The fourth-order valence-electron chi connectivity index (χ4n) is 2.44. The molecule has 5 nitrogen and oxygen atoms in total. The van der Waals surface area contributed by atoms with Gasteiger partial charge in [0.2, 0.25) is 0 Å². The van der Waals surface area contributed by atoms with Crippen LogP contribution in [0.25, 0.3) is 0 Å². The SMILES string of the molecule is CSc1nc(N)cc(N2CCN(C3CC3)CC2)n1. The molecule has 6 heteroatoms. The summed E-state index contributed by atoms with van der Waals surface area (Å²) in [6, 6.07) is 2.75. The van der Waals surface area contributed by atoms with Crippen LogP contribution < -0.4 is 10.6 Å². The van der Waals surface area contributed by atoms with Gasteiger partial charge in [-0.2, -0.15) is 0 Å². The highest BCUT2D eigenvalue weighted by atomic mass is 32.2. The van der Waals surface area contributed by atoms with Crippen molar-refractivity contribution in [3.05, 3.63) is 6.07 Å². The van der Waals surface area contributed by atoms with Crippen LogP contribution in [0.3, 0.4) is 0 Å². The third-order valence-corrected chi connectivity index (χ3v) is 4.14. The van der Waals surface area contributed by atoms with E-state index in [-0.39, 0.29) is 0 Å². The van der Waals surface area contributed by atoms with Gasteiger partial charge in [-0.15, -0.1) is 0 Å². The molecular weight excluding hydrogens is 246 g/mol. The Hall–Kier alpha value is -1.01. The van der Waals surface area contributed by atoms with Crippen LogP contribution in [-0.2, 0) is 0 Å². The number of nitrogens with two attached hydrogens (primary N) is 1. The standard InChI is InChI=1S/C12H19N5S/c1-18-12-14-10(13)8-11(15-12)17-6-4-16(5-7-17)9-2-3-9/h8-9H,2-7H2,1H3,(H2,13,14,15). The second-order valence-electron chi connectivity index (χ2n) is 4.89. The number of thioether (sulfide) groups is 1. The van der Waals surface area contributed by atoms with E-state index in [0.29, 0.717) is 5.82 Å². The fourth-order valence-corrected chi connectivity index (χ4v) is 2.82. The highest BCUT2D eigenvalue weighted by molar-refractivity contribution is 7.98. The average molecular weight is 265 g/mol. The molecular formula is C12H19N5S. The summed E-state index contributed by atoms with van der Waals surface area (Å²) in [5, 5.41) is 0.759. The summed E-state index contributed by atoms with van der Waals surface area (Å²) in [6.45, 7) is 4.37. The first kappa shape index (κ1) is 12.0. The van der Waals surface area contributed by atoms with Crippen molar-refractivity contribution >= 4 is 23.4 Å². The minimum atomic E-state index is 0.564. The quantitative estimate of drug-likeness (QED) is 0.651. The molecule has 0 aromatic carbocycles. The molecule has 1 saturated heterocycles. The molecule has 1 aliphatic heterocycles. The maximum Gasteiger partial charge on any atom is 0.191 e. The Balaban J connectivity index is 1.69. The summed E-state index contributed by atoms with van der Waals surface area (Å²) >= 11 is 1.54. The largest absolute Gasteiger partial charge is 0.383 e. The second-order valence-corrected chi connectivity index (χ2v) is 5.67. The first-order chi connectivity index (χ1) is 8.76. The maximum atomic E-state index is 5.83. The second kappa shape index (κ2) is 4.93. The summed E-state index contributed by atoms with van der Waals surface area (Å²) in [7, 11) is 0. The van der Waals surface area contributed by atoms with E-state index in [1.807, 2.05) is 12.3 Å². The van der Waals surface area contributed by atoms with Gasteiger partial charge in [0.05, 0.1) is 0 Å². The third kappa shape index (κ3) is 2.54. The van der Waals surface area contributed by atoms with Crippen molar-refractivity contribution in [2.45, 2.75) is 24.0 Å². The van der Waals surface area contributed by atoms with E-state index in [1.54, 1.807) is 0 Å². The Kier molecular flexibility index (Phi) is 3.30. The van der Waals surface area contributed by atoms with Gasteiger partial charge in [0.15, 0.2) is 5.16 Å². The zero-order chi connectivity index (χ0) is 12.5. The number of nitrogen functional groups attached to an aromatic ring is 1. The minimum Gasteiger partial charge on any atom is -0.383 e. The van der Waals surface area contributed by atoms with E-state index < -0.39 is 0 Å². The molecule has 2 heterocycles. The molecule has 0 radical (unpaired) electrons. The molecule has 98 valence electrons. The Labute approximate surface area is 112 Å². The molecule has 3 rings (SSSR count). The summed E-state index contributed by atoms with van der Waals surface area (Å²) < 4.78 is 0. The number of aromatic nitrogens is 2. The fraction of sp³-hybridized carbons (Fsp3) is 0.667. The Bertz CT molecular complexity index is 426. The average Bonchev–Trinajstić information content (AvgIpc) is 3.22. The lowest BCUT2D eigenvalue weighted by atomic mass is 10.3. The summed E-state index contributed by atoms with van der Waals surface area (Å²) in [6.07, 6.45) is 4.75. The van der Waals surface area contributed by atoms with Crippen molar-refractivity contribution in [1.29, 1.82) is 0 Å². The van der Waals surface area contributed by atoms with Crippen LogP contribution in [0.2, 0.25) is 0 Å². The molecule has 2 N–H and O–H groups in total. The summed E-state index contributed by atoms with van der Waals surface area (Å²) in [5.41, 5.74) is 5.83. The van der Waals surface area contributed by atoms with Crippen molar-refractivity contribution in [3.63, 3.8) is 0 Å². The maximum absolute atomic E-state index is 5.83. The molecule has 2 aliphatic rings. The number of rotatable bonds is 3. The lowest BCUT2D eigenvalue weighted by molar-refractivity contribution is 0.247. The number of nitrogens with zero attached hydrogens (tertiary/aromatic N) is 4. The van der Waals surface area contributed by atoms with Crippen LogP contribution in [0, 0.1) is 0 Å². The first-order valence-corrected chi connectivity index (χ1v) is 7.66. The van der Waals surface area contributed by atoms with Gasteiger partial charge < -0.3 is 10.6 Å². The zero-order valence-corrected chi connectivity index (χ0v) is 11.5. The molecule has 2 fully saturated rings. The van der Waals surface area contributed by atoms with E-state index in [9.17, 15) is 0 Å². The molecule has 1 saturated carbocycles. The van der Waals surface area contributed by atoms with E-state index >= 15 is 0 Å². The summed E-state index contributed by atoms with van der Waals surface area (Å²) in [4.78, 5) is 13.6. The normalized spacial score (nSPS) is 21.3. The van der Waals surface area contributed by atoms with Crippen LogP contribution in [0.4, 0.5) is 11.6 Å². The highest BCUT2D eigenvalue weighted by Gasteiger charge is 2.31. The Morgan fingerprint density at radius 2 is 1.94 bits per heavy atom. The van der Waals surface area contributed by atoms with E-state index in [1.165, 1.54) is 24.6 Å². The number of anilines is 2. The number of piperazine rings is 1. The van der Waals surface area contributed by atoms with Crippen LogP contribution in [0.5, 0.6) is 0 Å². The predicted octanol–water partition coefficient (Wildman–Crippen LogP) is 1.07. The van der Waals surface area contributed by atoms with Gasteiger partial charge in [-0.3, -0.25) is 4.90 Å². The topological polar surface area (TPSA) is 58.3 Å². The van der Waals surface area contributed by atoms with E-state index in [4.69, 9.17) is 5.73 Å². The predicted molar refractivity (Wildman–Crippen MR) is 75.0 cm³/mol. The van der Waals surface area contributed by atoms with E-state index in [0.717, 1.165) is 43.2 Å². The van der Waals surface area contributed by atoms with Gasteiger partial charge in [-0.05, 0) is 19.1 Å². The minimum absolute atomic E-state index is 0.564. The number of hydrogen-bond donors (Lipinski definition) is 1. The number of hydrogen-bond acceptors (Lipinski definition) is 6. The molecule has 0 atom stereocenters. The molecule has 0 bridgehead atoms.